The Morgan fingerprint density at radius 2 is 2.18 bits per heavy atom. The van der Waals surface area contributed by atoms with Crippen molar-refractivity contribution in [3.05, 3.63) is 0 Å². The van der Waals surface area contributed by atoms with Gasteiger partial charge in [-0.15, -0.1) is 0 Å². The maximum Gasteiger partial charge on any atom is 0.134 e. The number of piperidine rings is 1. The first-order valence-electron chi connectivity index (χ1n) is 6.68. The number of rotatable bonds is 3. The molecule has 17 heavy (non-hydrogen) atoms. The molecule has 4 nitrogen and oxygen atoms in total. The number of carbonyl (C=O) groups is 1. The van der Waals surface area contributed by atoms with Gasteiger partial charge in [-0.05, 0) is 33.4 Å². The lowest BCUT2D eigenvalue weighted by atomic mass is 9.94. The molecular formula is C13H24N2O2. The molecule has 0 saturated carbocycles. The molecule has 2 aliphatic heterocycles. The van der Waals surface area contributed by atoms with Crippen LogP contribution in [0.15, 0.2) is 0 Å². The van der Waals surface area contributed by atoms with Crippen molar-refractivity contribution in [3.8, 4) is 0 Å². The Hall–Kier alpha value is -0.450. The monoisotopic (exact) mass is 240 g/mol. The van der Waals surface area contributed by atoms with Gasteiger partial charge >= 0.3 is 0 Å². The first kappa shape index (κ1) is 13.0. The van der Waals surface area contributed by atoms with E-state index < -0.39 is 0 Å². The largest absolute Gasteiger partial charge is 0.374 e. The molecule has 2 saturated heterocycles. The van der Waals surface area contributed by atoms with Gasteiger partial charge in [0.25, 0.3) is 0 Å². The fourth-order valence-electron chi connectivity index (χ4n) is 2.82. The fraction of sp³-hybridized carbons (Fsp3) is 0.923. The molecule has 0 radical (unpaired) electrons. The highest BCUT2D eigenvalue weighted by Crippen LogP contribution is 2.18. The van der Waals surface area contributed by atoms with E-state index in [1.54, 1.807) is 6.92 Å². The van der Waals surface area contributed by atoms with Crippen molar-refractivity contribution in [2.45, 2.75) is 25.9 Å². The van der Waals surface area contributed by atoms with E-state index in [1.165, 1.54) is 0 Å². The van der Waals surface area contributed by atoms with Crippen molar-refractivity contribution < 1.29 is 9.53 Å². The predicted molar refractivity (Wildman–Crippen MR) is 67.1 cm³/mol. The summed E-state index contributed by atoms with van der Waals surface area (Å²) in [5.41, 5.74) is 0. The van der Waals surface area contributed by atoms with Gasteiger partial charge in [-0.1, -0.05) is 0 Å². The van der Waals surface area contributed by atoms with Gasteiger partial charge in [0.05, 0.1) is 12.7 Å². The Morgan fingerprint density at radius 3 is 2.88 bits per heavy atom. The SMILES string of the molecule is CC(=O)C1CCCN(CC2CN(C)CCO2)C1. The van der Waals surface area contributed by atoms with Crippen molar-refractivity contribution in [2.24, 2.45) is 5.92 Å². The maximum absolute atomic E-state index is 11.4. The van der Waals surface area contributed by atoms with Gasteiger partial charge in [-0.25, -0.2) is 0 Å². The van der Waals surface area contributed by atoms with Gasteiger partial charge in [0.2, 0.25) is 0 Å². The lowest BCUT2D eigenvalue weighted by Gasteiger charge is -2.37. The minimum atomic E-state index is 0.255. The van der Waals surface area contributed by atoms with Gasteiger partial charge in [-0.2, -0.15) is 0 Å². The maximum atomic E-state index is 11.4. The van der Waals surface area contributed by atoms with Gasteiger partial charge < -0.3 is 9.64 Å². The lowest BCUT2D eigenvalue weighted by molar-refractivity contribution is -0.122. The third-order valence-electron chi connectivity index (χ3n) is 3.88. The minimum Gasteiger partial charge on any atom is -0.374 e. The molecule has 2 aliphatic rings. The summed E-state index contributed by atoms with van der Waals surface area (Å²) in [4.78, 5) is 16.1. The molecule has 2 atom stereocenters. The summed E-state index contributed by atoms with van der Waals surface area (Å²) < 4.78 is 5.78. The minimum absolute atomic E-state index is 0.255. The molecule has 0 aromatic carbocycles. The quantitative estimate of drug-likeness (QED) is 0.724. The number of hydrogen-bond acceptors (Lipinski definition) is 4. The highest BCUT2D eigenvalue weighted by molar-refractivity contribution is 5.78. The van der Waals surface area contributed by atoms with Gasteiger partial charge in [0.1, 0.15) is 5.78 Å². The molecule has 98 valence electrons. The zero-order valence-electron chi connectivity index (χ0n) is 11.0. The second-order valence-corrected chi connectivity index (χ2v) is 5.46. The molecule has 2 fully saturated rings. The Morgan fingerprint density at radius 1 is 1.35 bits per heavy atom. The second-order valence-electron chi connectivity index (χ2n) is 5.46. The molecule has 4 heteroatoms. The predicted octanol–water partition coefficient (Wildman–Crippen LogP) is 0.618. The summed E-state index contributed by atoms with van der Waals surface area (Å²) in [5, 5.41) is 0. The zero-order chi connectivity index (χ0) is 12.3. The van der Waals surface area contributed by atoms with Crippen LogP contribution in [0.4, 0.5) is 0 Å². The molecule has 2 unspecified atom stereocenters. The zero-order valence-corrected chi connectivity index (χ0v) is 11.0. The molecule has 0 spiro atoms. The first-order chi connectivity index (χ1) is 8.15. The molecule has 0 aliphatic carbocycles. The molecule has 0 amide bonds. The number of morpholine rings is 1. The van der Waals surface area contributed by atoms with Crippen LogP contribution >= 0.6 is 0 Å². The van der Waals surface area contributed by atoms with Crippen LogP contribution in [-0.2, 0) is 9.53 Å². The van der Waals surface area contributed by atoms with Crippen molar-refractivity contribution in [2.75, 3.05) is 46.4 Å². The average molecular weight is 240 g/mol. The molecule has 2 heterocycles. The number of nitrogens with zero attached hydrogens (tertiary/aromatic N) is 2. The summed E-state index contributed by atoms with van der Waals surface area (Å²) in [6.45, 7) is 7.64. The highest BCUT2D eigenvalue weighted by Gasteiger charge is 2.26. The smallest absolute Gasteiger partial charge is 0.134 e. The van der Waals surface area contributed by atoms with E-state index in [0.29, 0.717) is 11.9 Å². The lowest BCUT2D eigenvalue weighted by Crippen LogP contribution is -2.48. The van der Waals surface area contributed by atoms with Crippen LogP contribution in [0.3, 0.4) is 0 Å². The fourth-order valence-corrected chi connectivity index (χ4v) is 2.82. The standard InChI is InChI=1S/C13H24N2O2/c1-11(16)12-4-3-5-15(8-12)10-13-9-14(2)6-7-17-13/h12-13H,3-10H2,1-2H3. The van der Waals surface area contributed by atoms with Crippen molar-refractivity contribution in [1.82, 2.24) is 9.80 Å². The molecule has 2 rings (SSSR count). The van der Waals surface area contributed by atoms with Crippen LogP contribution in [-0.4, -0.2) is 68.1 Å². The topological polar surface area (TPSA) is 32.8 Å². The Labute approximate surface area is 104 Å². The number of ketones is 1. The van der Waals surface area contributed by atoms with Crippen molar-refractivity contribution in [1.29, 1.82) is 0 Å². The second kappa shape index (κ2) is 5.94. The van der Waals surface area contributed by atoms with Crippen molar-refractivity contribution >= 4 is 5.78 Å². The van der Waals surface area contributed by atoms with Crippen LogP contribution in [0.2, 0.25) is 0 Å². The van der Waals surface area contributed by atoms with Gasteiger partial charge in [0.15, 0.2) is 0 Å². The van der Waals surface area contributed by atoms with E-state index in [2.05, 4.69) is 16.8 Å². The molecule has 0 N–H and O–H groups in total. The van der Waals surface area contributed by atoms with E-state index in [0.717, 1.165) is 52.2 Å². The molecular weight excluding hydrogens is 216 g/mol. The third kappa shape index (κ3) is 3.76. The van der Waals surface area contributed by atoms with Crippen LogP contribution in [0.1, 0.15) is 19.8 Å². The van der Waals surface area contributed by atoms with Crippen molar-refractivity contribution in [3.63, 3.8) is 0 Å². The van der Waals surface area contributed by atoms with E-state index in [4.69, 9.17) is 4.74 Å². The third-order valence-corrected chi connectivity index (χ3v) is 3.88. The Bertz CT molecular complexity index is 270. The summed E-state index contributed by atoms with van der Waals surface area (Å²) in [7, 11) is 2.14. The number of likely N-dealkylation sites (N-methyl/N-ethyl adjacent to an activating group) is 1. The highest BCUT2D eigenvalue weighted by atomic mass is 16.5. The number of ether oxygens (including phenoxy) is 1. The number of hydrogen-bond donors (Lipinski definition) is 0. The average Bonchev–Trinajstić information content (AvgIpc) is 2.29. The summed E-state index contributed by atoms with van der Waals surface area (Å²) in [6.07, 6.45) is 2.53. The van der Waals surface area contributed by atoms with Gasteiger partial charge in [-0.3, -0.25) is 9.69 Å². The summed E-state index contributed by atoms with van der Waals surface area (Å²) >= 11 is 0. The first-order valence-corrected chi connectivity index (χ1v) is 6.68. The van der Waals surface area contributed by atoms with Gasteiger partial charge in [0, 0.05) is 32.1 Å². The number of likely N-dealkylation sites (tertiary alicyclic amines) is 1. The van der Waals surface area contributed by atoms with Crippen LogP contribution in [0.25, 0.3) is 0 Å². The van der Waals surface area contributed by atoms with E-state index >= 15 is 0 Å². The number of Topliss-reactive ketones (excluding diaryl/α,β-unsaturated/α-hetero) is 1. The normalized spacial score (nSPS) is 32.6. The molecule has 0 bridgehead atoms. The Kier molecular flexibility index (Phi) is 4.54. The van der Waals surface area contributed by atoms with Crippen LogP contribution in [0.5, 0.6) is 0 Å². The molecule has 0 aromatic heterocycles. The number of carbonyl (C=O) groups excluding carboxylic acids is 1. The summed E-state index contributed by atoms with van der Waals surface area (Å²) in [6, 6.07) is 0. The van der Waals surface area contributed by atoms with Crippen LogP contribution < -0.4 is 0 Å². The van der Waals surface area contributed by atoms with Crippen LogP contribution in [0, 0.1) is 5.92 Å². The van der Waals surface area contributed by atoms with E-state index in [1.807, 2.05) is 0 Å². The Balaban J connectivity index is 1.79. The van der Waals surface area contributed by atoms with E-state index in [9.17, 15) is 4.79 Å². The van der Waals surface area contributed by atoms with E-state index in [-0.39, 0.29) is 5.92 Å². The summed E-state index contributed by atoms with van der Waals surface area (Å²) in [5.74, 6) is 0.599. The molecule has 0 aromatic rings.